The summed E-state index contributed by atoms with van der Waals surface area (Å²) in [4.78, 5) is 22.8. The van der Waals surface area contributed by atoms with Crippen LogP contribution in [-0.2, 0) is 13.1 Å². The molecule has 0 saturated carbocycles. The van der Waals surface area contributed by atoms with Gasteiger partial charge < -0.3 is 10.2 Å². The molecule has 4 aromatic rings. The second-order valence-electron chi connectivity index (χ2n) is 8.96. The molecule has 6 heteroatoms. The molecule has 35 heavy (non-hydrogen) atoms. The van der Waals surface area contributed by atoms with Gasteiger partial charge in [-0.25, -0.2) is 4.98 Å². The zero-order valence-electron chi connectivity index (χ0n) is 19.7. The lowest BCUT2D eigenvalue weighted by Crippen LogP contribution is -2.38. The fourth-order valence-electron chi connectivity index (χ4n) is 4.57. The summed E-state index contributed by atoms with van der Waals surface area (Å²) in [7, 11) is 0. The van der Waals surface area contributed by atoms with E-state index in [0.717, 1.165) is 59.2 Å². The molecule has 0 atom stereocenters. The summed E-state index contributed by atoms with van der Waals surface area (Å²) in [6, 6.07) is 28.5. The molecule has 1 aliphatic rings. The van der Waals surface area contributed by atoms with Crippen LogP contribution in [0.5, 0.6) is 0 Å². The van der Waals surface area contributed by atoms with Gasteiger partial charge in [0.1, 0.15) is 5.69 Å². The lowest BCUT2D eigenvalue weighted by atomic mass is 10.1. The normalized spacial score (nSPS) is 15.2. The molecule has 2 heterocycles. The maximum atomic E-state index is 13.8. The minimum absolute atomic E-state index is 0.0411. The Balaban J connectivity index is 1.44. The number of fused-ring (bicyclic) bond motifs is 2. The minimum Gasteiger partial charge on any atom is -0.385 e. The summed E-state index contributed by atoms with van der Waals surface area (Å²) in [5, 5.41) is 4.63. The van der Waals surface area contributed by atoms with Crippen molar-refractivity contribution >= 4 is 38.4 Å². The first-order valence-electron chi connectivity index (χ1n) is 12.1. The molecule has 0 radical (unpaired) electrons. The predicted molar refractivity (Wildman–Crippen MR) is 145 cm³/mol. The quantitative estimate of drug-likeness (QED) is 0.356. The van der Waals surface area contributed by atoms with Crippen LogP contribution in [-0.4, -0.2) is 46.9 Å². The van der Waals surface area contributed by atoms with Gasteiger partial charge in [0, 0.05) is 54.8 Å². The molecule has 1 amide bonds. The number of hydrogen-bond donors (Lipinski definition) is 1. The van der Waals surface area contributed by atoms with E-state index in [1.165, 1.54) is 5.56 Å². The van der Waals surface area contributed by atoms with E-state index in [1.54, 1.807) is 0 Å². The summed E-state index contributed by atoms with van der Waals surface area (Å²) in [5.41, 5.74) is 4.79. The average molecular weight is 529 g/mol. The highest BCUT2D eigenvalue weighted by Gasteiger charge is 2.21. The van der Waals surface area contributed by atoms with Crippen LogP contribution in [0.2, 0.25) is 0 Å². The minimum atomic E-state index is -0.0411. The van der Waals surface area contributed by atoms with E-state index in [-0.39, 0.29) is 5.91 Å². The van der Waals surface area contributed by atoms with Gasteiger partial charge in [0.05, 0.1) is 5.52 Å². The van der Waals surface area contributed by atoms with Gasteiger partial charge in [0.15, 0.2) is 0 Å². The highest BCUT2D eigenvalue weighted by molar-refractivity contribution is 9.10. The molecule has 0 bridgehead atoms. The summed E-state index contributed by atoms with van der Waals surface area (Å²) >= 11 is 3.61. The molecule has 0 fully saturated rings. The van der Waals surface area contributed by atoms with Crippen molar-refractivity contribution in [2.24, 2.45) is 0 Å². The van der Waals surface area contributed by atoms with Gasteiger partial charge in [-0.2, -0.15) is 0 Å². The SMILES string of the molecule is O=C(c1ccc2ccccc2n1)N1CCN(Cc2ccccc2)CCCNc2ccc(Br)cc2C1. The Kier molecular flexibility index (Phi) is 7.40. The van der Waals surface area contributed by atoms with Crippen molar-refractivity contribution in [1.29, 1.82) is 0 Å². The van der Waals surface area contributed by atoms with Crippen molar-refractivity contribution in [3.8, 4) is 0 Å². The standard InChI is InChI=1S/C29H29BrN4O/c30-25-12-14-26-24(19-25)21-34(29(35)28-13-11-23-9-4-5-10-27(23)32-28)18-17-33(16-6-15-31-26)20-22-7-2-1-3-8-22/h1-5,7-14,19,31H,6,15-18,20-21H2. The number of nitrogens with zero attached hydrogens (tertiary/aromatic N) is 3. The Morgan fingerprint density at radius 2 is 1.74 bits per heavy atom. The number of nitrogens with one attached hydrogen (secondary N) is 1. The number of aromatic nitrogens is 1. The van der Waals surface area contributed by atoms with Crippen LogP contribution in [0.25, 0.3) is 10.9 Å². The van der Waals surface area contributed by atoms with Crippen LogP contribution in [0.3, 0.4) is 0 Å². The fourth-order valence-corrected chi connectivity index (χ4v) is 4.98. The van der Waals surface area contributed by atoms with Crippen LogP contribution in [0.15, 0.2) is 89.4 Å². The van der Waals surface area contributed by atoms with E-state index in [2.05, 4.69) is 62.5 Å². The topological polar surface area (TPSA) is 48.5 Å². The predicted octanol–water partition coefficient (Wildman–Crippen LogP) is 5.96. The van der Waals surface area contributed by atoms with Crippen molar-refractivity contribution in [2.45, 2.75) is 19.5 Å². The van der Waals surface area contributed by atoms with Crippen LogP contribution >= 0.6 is 15.9 Å². The molecule has 0 spiro atoms. The number of halogens is 1. The van der Waals surface area contributed by atoms with E-state index in [4.69, 9.17) is 4.98 Å². The third-order valence-electron chi connectivity index (χ3n) is 6.43. The second kappa shape index (κ2) is 11.0. The maximum absolute atomic E-state index is 13.8. The smallest absolute Gasteiger partial charge is 0.272 e. The Hall–Kier alpha value is -3.22. The van der Waals surface area contributed by atoms with Crippen molar-refractivity contribution < 1.29 is 4.79 Å². The Morgan fingerprint density at radius 3 is 2.63 bits per heavy atom. The van der Waals surface area contributed by atoms with Crippen LogP contribution in [0.1, 0.15) is 28.0 Å². The van der Waals surface area contributed by atoms with Gasteiger partial charge in [-0.05, 0) is 47.9 Å². The first-order valence-corrected chi connectivity index (χ1v) is 12.9. The molecule has 0 aliphatic carbocycles. The number of amides is 1. The fraction of sp³-hybridized carbons (Fsp3) is 0.241. The van der Waals surface area contributed by atoms with Gasteiger partial charge in [0.25, 0.3) is 5.91 Å². The molecular weight excluding hydrogens is 500 g/mol. The summed E-state index contributed by atoms with van der Waals surface area (Å²) in [6.45, 7) is 4.68. The molecule has 1 aromatic heterocycles. The van der Waals surface area contributed by atoms with Crippen molar-refractivity contribution in [3.63, 3.8) is 0 Å². The molecule has 0 unspecified atom stereocenters. The number of hydrogen-bond acceptors (Lipinski definition) is 4. The first-order chi connectivity index (χ1) is 17.2. The van der Waals surface area contributed by atoms with Crippen molar-refractivity contribution in [3.05, 3.63) is 106 Å². The maximum Gasteiger partial charge on any atom is 0.272 e. The molecule has 1 aliphatic heterocycles. The molecule has 0 saturated heterocycles. The lowest BCUT2D eigenvalue weighted by Gasteiger charge is -2.28. The summed E-state index contributed by atoms with van der Waals surface area (Å²) in [5.74, 6) is -0.0411. The van der Waals surface area contributed by atoms with Crippen LogP contribution in [0, 0.1) is 0 Å². The third-order valence-corrected chi connectivity index (χ3v) is 6.93. The molecule has 1 N–H and O–H groups in total. The van der Waals surface area contributed by atoms with E-state index in [0.29, 0.717) is 18.8 Å². The number of pyridine rings is 1. The van der Waals surface area contributed by atoms with E-state index in [1.807, 2.05) is 53.4 Å². The van der Waals surface area contributed by atoms with Gasteiger partial charge in [0.2, 0.25) is 0 Å². The largest absolute Gasteiger partial charge is 0.385 e. The van der Waals surface area contributed by atoms with Crippen molar-refractivity contribution in [2.75, 3.05) is 31.5 Å². The Labute approximate surface area is 214 Å². The molecule has 5 rings (SSSR count). The summed E-state index contributed by atoms with van der Waals surface area (Å²) in [6.07, 6.45) is 1.03. The molecule has 3 aromatic carbocycles. The molecule has 178 valence electrons. The van der Waals surface area contributed by atoms with E-state index in [9.17, 15) is 4.79 Å². The van der Waals surface area contributed by atoms with Crippen LogP contribution < -0.4 is 5.32 Å². The highest BCUT2D eigenvalue weighted by Crippen LogP contribution is 2.24. The van der Waals surface area contributed by atoms with E-state index < -0.39 is 0 Å². The van der Waals surface area contributed by atoms with Gasteiger partial charge >= 0.3 is 0 Å². The first kappa shape index (κ1) is 23.5. The second-order valence-corrected chi connectivity index (χ2v) is 9.88. The number of rotatable bonds is 3. The lowest BCUT2D eigenvalue weighted by molar-refractivity contribution is 0.0714. The van der Waals surface area contributed by atoms with E-state index >= 15 is 0 Å². The number of para-hydroxylation sites is 1. The molecule has 5 nitrogen and oxygen atoms in total. The van der Waals surface area contributed by atoms with Crippen molar-refractivity contribution in [1.82, 2.24) is 14.8 Å². The zero-order valence-corrected chi connectivity index (χ0v) is 21.2. The number of carbonyl (C=O) groups is 1. The monoisotopic (exact) mass is 528 g/mol. The average Bonchev–Trinajstić information content (AvgIpc) is 2.92. The third kappa shape index (κ3) is 5.89. The van der Waals surface area contributed by atoms with Gasteiger partial charge in [-0.3, -0.25) is 9.69 Å². The van der Waals surface area contributed by atoms with Crippen LogP contribution in [0.4, 0.5) is 5.69 Å². The van der Waals surface area contributed by atoms with Gasteiger partial charge in [-0.1, -0.05) is 70.5 Å². The molecular formula is C29H29BrN4O. The Morgan fingerprint density at radius 1 is 0.914 bits per heavy atom. The summed E-state index contributed by atoms with van der Waals surface area (Å²) < 4.78 is 1.01. The number of carbonyl (C=O) groups excluding carboxylic acids is 1. The Bertz CT molecular complexity index is 1310. The number of benzene rings is 3. The van der Waals surface area contributed by atoms with Gasteiger partial charge in [-0.15, -0.1) is 0 Å². The number of anilines is 1. The zero-order chi connectivity index (χ0) is 24.0. The highest BCUT2D eigenvalue weighted by atomic mass is 79.9.